The van der Waals surface area contributed by atoms with Gasteiger partial charge in [-0.05, 0) is 6.42 Å². The van der Waals surface area contributed by atoms with Crippen LogP contribution in [0, 0.1) is 0 Å². The van der Waals surface area contributed by atoms with E-state index in [2.05, 4.69) is 20.8 Å². The Labute approximate surface area is 104 Å². The van der Waals surface area contributed by atoms with E-state index in [1.54, 1.807) is 0 Å². The first kappa shape index (κ1) is 13.0. The average Bonchev–Trinajstić information content (AvgIpc) is 2.92. The Morgan fingerprint density at radius 3 is 2.94 bits per heavy atom. The maximum atomic E-state index is 11.2. The van der Waals surface area contributed by atoms with Gasteiger partial charge in [-0.25, -0.2) is 8.42 Å². The summed E-state index contributed by atoms with van der Waals surface area (Å²) in [4.78, 5) is 15.1. The molecule has 0 aromatic carbocycles. The lowest BCUT2D eigenvalue weighted by Crippen LogP contribution is -2.29. The molecule has 1 saturated heterocycles. The molecule has 1 aromatic rings. The van der Waals surface area contributed by atoms with Gasteiger partial charge in [-0.3, -0.25) is 4.79 Å². The maximum Gasteiger partial charge on any atom is 0.292 e. The molecule has 1 atom stereocenters. The van der Waals surface area contributed by atoms with Gasteiger partial charge in [0.25, 0.3) is 11.7 Å². The van der Waals surface area contributed by atoms with Crippen LogP contribution in [0.25, 0.3) is 0 Å². The van der Waals surface area contributed by atoms with E-state index in [9.17, 15) is 13.2 Å². The normalized spacial score (nSPS) is 21.9. The monoisotopic (exact) mass is 274 g/mol. The van der Waals surface area contributed by atoms with Gasteiger partial charge in [0.2, 0.25) is 5.89 Å². The Kier molecular flexibility index (Phi) is 3.62. The van der Waals surface area contributed by atoms with Crippen molar-refractivity contribution >= 4 is 15.7 Å². The summed E-state index contributed by atoms with van der Waals surface area (Å²) in [5, 5.41) is 8.90. The molecule has 0 spiro atoms. The van der Waals surface area contributed by atoms with Gasteiger partial charge in [0, 0.05) is 13.1 Å². The van der Waals surface area contributed by atoms with Crippen molar-refractivity contribution in [2.45, 2.75) is 19.0 Å². The number of sulfone groups is 1. The highest BCUT2D eigenvalue weighted by Crippen LogP contribution is 2.11. The zero-order chi connectivity index (χ0) is 13.2. The van der Waals surface area contributed by atoms with Crippen molar-refractivity contribution in [3.63, 3.8) is 0 Å². The highest BCUT2D eigenvalue weighted by molar-refractivity contribution is 7.91. The summed E-state index contributed by atoms with van der Waals surface area (Å²) in [5.41, 5.74) is 0. The van der Waals surface area contributed by atoms with Crippen molar-refractivity contribution in [2.24, 2.45) is 0 Å². The van der Waals surface area contributed by atoms with Crippen LogP contribution < -0.4 is 10.6 Å². The van der Waals surface area contributed by atoms with E-state index < -0.39 is 15.7 Å². The minimum atomic E-state index is -2.91. The van der Waals surface area contributed by atoms with Gasteiger partial charge in [0.1, 0.15) is 0 Å². The molecule has 8 nitrogen and oxygen atoms in total. The van der Waals surface area contributed by atoms with Gasteiger partial charge in [-0.1, -0.05) is 5.16 Å². The average molecular weight is 274 g/mol. The SMILES string of the molecule is CNC(=O)c1noc(CNC2CCS(=O)(=O)C2)n1. The van der Waals surface area contributed by atoms with Crippen LogP contribution in [0.1, 0.15) is 22.9 Å². The van der Waals surface area contributed by atoms with Gasteiger partial charge >= 0.3 is 0 Å². The zero-order valence-corrected chi connectivity index (χ0v) is 10.7. The number of carbonyl (C=O) groups is 1. The zero-order valence-electron chi connectivity index (χ0n) is 9.84. The van der Waals surface area contributed by atoms with Gasteiger partial charge < -0.3 is 15.2 Å². The molecule has 0 bridgehead atoms. The molecule has 0 saturated carbocycles. The Balaban J connectivity index is 1.87. The molecular formula is C9H14N4O4S. The number of carbonyl (C=O) groups excluding carboxylic acids is 1. The number of hydrogen-bond acceptors (Lipinski definition) is 7. The van der Waals surface area contributed by atoms with Gasteiger partial charge in [-0.15, -0.1) is 0 Å². The molecular weight excluding hydrogens is 260 g/mol. The maximum absolute atomic E-state index is 11.2. The van der Waals surface area contributed by atoms with Crippen molar-refractivity contribution in [2.75, 3.05) is 18.6 Å². The second kappa shape index (κ2) is 5.02. The van der Waals surface area contributed by atoms with Crippen LogP contribution >= 0.6 is 0 Å². The lowest BCUT2D eigenvalue weighted by Gasteiger charge is -2.06. The summed E-state index contributed by atoms with van der Waals surface area (Å²) in [7, 11) is -1.43. The molecule has 1 aliphatic rings. The van der Waals surface area contributed by atoms with E-state index in [-0.39, 0.29) is 35.8 Å². The molecule has 0 aliphatic carbocycles. The summed E-state index contributed by atoms with van der Waals surface area (Å²) in [6.07, 6.45) is 0.582. The van der Waals surface area contributed by atoms with E-state index in [4.69, 9.17) is 4.52 Å². The fourth-order valence-electron chi connectivity index (χ4n) is 1.72. The second-order valence-corrected chi connectivity index (χ2v) is 6.30. The molecule has 1 aliphatic heterocycles. The number of rotatable bonds is 4. The summed E-state index contributed by atoms with van der Waals surface area (Å²) >= 11 is 0. The van der Waals surface area contributed by atoms with Crippen LogP contribution in [-0.2, 0) is 16.4 Å². The smallest absolute Gasteiger partial charge is 0.292 e. The molecule has 2 heterocycles. The molecule has 1 amide bonds. The van der Waals surface area contributed by atoms with E-state index >= 15 is 0 Å². The predicted octanol–water partition coefficient (Wildman–Crippen LogP) is -1.29. The van der Waals surface area contributed by atoms with Crippen molar-refractivity contribution in [1.82, 2.24) is 20.8 Å². The minimum absolute atomic E-state index is 0.0339. The first-order chi connectivity index (χ1) is 8.50. The summed E-state index contributed by atoms with van der Waals surface area (Å²) in [5.74, 6) is 0.140. The van der Waals surface area contributed by atoms with Crippen LogP contribution in [0.5, 0.6) is 0 Å². The highest BCUT2D eigenvalue weighted by atomic mass is 32.2. The first-order valence-corrected chi connectivity index (χ1v) is 7.31. The first-order valence-electron chi connectivity index (χ1n) is 5.48. The second-order valence-electron chi connectivity index (χ2n) is 4.07. The fourth-order valence-corrected chi connectivity index (χ4v) is 3.43. The van der Waals surface area contributed by atoms with Crippen molar-refractivity contribution in [1.29, 1.82) is 0 Å². The Bertz CT molecular complexity index is 539. The highest BCUT2D eigenvalue weighted by Gasteiger charge is 2.27. The van der Waals surface area contributed by atoms with Crippen LogP contribution in [-0.4, -0.2) is 49.1 Å². The number of amides is 1. The van der Waals surface area contributed by atoms with Crippen LogP contribution in [0.3, 0.4) is 0 Å². The summed E-state index contributed by atoms with van der Waals surface area (Å²) in [6, 6.07) is -0.0923. The lowest BCUT2D eigenvalue weighted by atomic mass is 10.3. The molecule has 9 heteroatoms. The van der Waals surface area contributed by atoms with E-state index in [1.807, 2.05) is 0 Å². The summed E-state index contributed by atoms with van der Waals surface area (Å²) in [6.45, 7) is 0.254. The molecule has 2 rings (SSSR count). The third-order valence-electron chi connectivity index (χ3n) is 2.67. The lowest BCUT2D eigenvalue weighted by molar-refractivity contribution is 0.0950. The predicted molar refractivity (Wildman–Crippen MR) is 61.6 cm³/mol. The number of nitrogens with one attached hydrogen (secondary N) is 2. The number of nitrogens with zero attached hydrogens (tertiary/aromatic N) is 2. The van der Waals surface area contributed by atoms with Crippen LogP contribution in [0.4, 0.5) is 0 Å². The number of aromatic nitrogens is 2. The summed E-state index contributed by atoms with van der Waals surface area (Å²) < 4.78 is 27.3. The van der Waals surface area contributed by atoms with E-state index in [0.29, 0.717) is 6.42 Å². The fraction of sp³-hybridized carbons (Fsp3) is 0.667. The van der Waals surface area contributed by atoms with Gasteiger partial charge in [0.05, 0.1) is 18.1 Å². The minimum Gasteiger partial charge on any atom is -0.352 e. The third-order valence-corrected chi connectivity index (χ3v) is 4.44. The van der Waals surface area contributed by atoms with Gasteiger partial charge in [0.15, 0.2) is 9.84 Å². The van der Waals surface area contributed by atoms with Gasteiger partial charge in [-0.2, -0.15) is 4.98 Å². The number of hydrogen-bond donors (Lipinski definition) is 2. The molecule has 2 N–H and O–H groups in total. The standard InChI is InChI=1S/C9H14N4O4S/c1-10-9(14)8-12-7(17-13-8)4-11-6-2-3-18(15,16)5-6/h6,11H,2-5H2,1H3,(H,10,14). The molecule has 0 radical (unpaired) electrons. The largest absolute Gasteiger partial charge is 0.352 e. The van der Waals surface area contributed by atoms with Crippen molar-refractivity contribution in [3.8, 4) is 0 Å². The molecule has 18 heavy (non-hydrogen) atoms. The Morgan fingerprint density at radius 2 is 2.33 bits per heavy atom. The molecule has 1 unspecified atom stereocenters. The van der Waals surface area contributed by atoms with Crippen molar-refractivity contribution in [3.05, 3.63) is 11.7 Å². The van der Waals surface area contributed by atoms with E-state index in [1.165, 1.54) is 7.05 Å². The van der Waals surface area contributed by atoms with Crippen molar-refractivity contribution < 1.29 is 17.7 Å². The van der Waals surface area contributed by atoms with Crippen LogP contribution in [0.2, 0.25) is 0 Å². The Hall–Kier alpha value is -1.48. The third kappa shape index (κ3) is 3.05. The topological polar surface area (TPSA) is 114 Å². The quantitative estimate of drug-likeness (QED) is 0.701. The van der Waals surface area contributed by atoms with Crippen LogP contribution in [0.15, 0.2) is 4.52 Å². The molecule has 100 valence electrons. The molecule has 1 fully saturated rings. The Morgan fingerprint density at radius 1 is 1.56 bits per heavy atom. The molecule has 1 aromatic heterocycles. The van der Waals surface area contributed by atoms with E-state index in [0.717, 1.165) is 0 Å².